The minimum atomic E-state index is -4.47. The van der Waals surface area contributed by atoms with E-state index in [1.54, 1.807) is 30.3 Å². The van der Waals surface area contributed by atoms with Crippen molar-refractivity contribution in [3.63, 3.8) is 0 Å². The molecule has 1 nitrogen and oxygen atoms in total. The Kier molecular flexibility index (Phi) is 3.51. The molecule has 0 radical (unpaired) electrons. The number of rotatable bonds is 1. The summed E-state index contributed by atoms with van der Waals surface area (Å²) in [6, 6.07) is 13.3. The summed E-state index contributed by atoms with van der Waals surface area (Å²) in [4.78, 5) is 0. The molecule has 2 aromatic carbocycles. The van der Waals surface area contributed by atoms with Crippen LogP contribution in [-0.2, 0) is 11.6 Å². The third kappa shape index (κ3) is 2.85. The van der Waals surface area contributed by atoms with Crippen molar-refractivity contribution < 1.29 is 17.6 Å². The Hall–Kier alpha value is -2.23. The average molecular weight is 318 g/mol. The molecule has 0 aliphatic carbocycles. The summed E-state index contributed by atoms with van der Waals surface area (Å²) in [7, 11) is 0. The van der Waals surface area contributed by atoms with E-state index in [9.17, 15) is 13.2 Å². The lowest BCUT2D eigenvalue weighted by Crippen LogP contribution is -2.10. The monoisotopic (exact) mass is 318 g/mol. The lowest BCUT2D eigenvalue weighted by atomic mass is 9.86. The molecule has 120 valence electrons. The lowest BCUT2D eigenvalue weighted by Gasteiger charge is -2.19. The molecule has 0 saturated carbocycles. The van der Waals surface area contributed by atoms with Crippen LogP contribution in [0.4, 0.5) is 13.2 Å². The maximum Gasteiger partial charge on any atom is 0.420 e. The van der Waals surface area contributed by atoms with Crippen LogP contribution >= 0.6 is 0 Å². The SMILES string of the molecule is CC(C)(C)c1ccc(-c2oc3ccccc3c2C(F)(F)F)cc1. The Balaban J connectivity index is 2.20. The highest BCUT2D eigenvalue weighted by molar-refractivity contribution is 5.88. The van der Waals surface area contributed by atoms with Crippen molar-refractivity contribution in [1.82, 2.24) is 0 Å². The van der Waals surface area contributed by atoms with Gasteiger partial charge in [0.05, 0.1) is 0 Å². The van der Waals surface area contributed by atoms with Crippen molar-refractivity contribution in [2.45, 2.75) is 32.4 Å². The number of furan rings is 1. The van der Waals surface area contributed by atoms with Crippen molar-refractivity contribution in [1.29, 1.82) is 0 Å². The molecule has 23 heavy (non-hydrogen) atoms. The molecule has 0 saturated heterocycles. The van der Waals surface area contributed by atoms with Gasteiger partial charge in [0.25, 0.3) is 0 Å². The van der Waals surface area contributed by atoms with E-state index in [0.717, 1.165) is 5.56 Å². The first kappa shape index (κ1) is 15.7. The van der Waals surface area contributed by atoms with Crippen LogP contribution in [0.25, 0.3) is 22.3 Å². The van der Waals surface area contributed by atoms with E-state index in [1.807, 2.05) is 12.1 Å². The van der Waals surface area contributed by atoms with Crippen LogP contribution in [0, 0.1) is 0 Å². The van der Waals surface area contributed by atoms with Crippen LogP contribution < -0.4 is 0 Å². The van der Waals surface area contributed by atoms with Gasteiger partial charge < -0.3 is 4.42 Å². The topological polar surface area (TPSA) is 13.1 Å². The maximum absolute atomic E-state index is 13.5. The number of hydrogen-bond acceptors (Lipinski definition) is 1. The fourth-order valence-corrected chi connectivity index (χ4v) is 2.65. The third-order valence-corrected chi connectivity index (χ3v) is 3.89. The molecule has 4 heteroatoms. The molecule has 3 rings (SSSR count). The molecule has 0 unspecified atom stereocenters. The van der Waals surface area contributed by atoms with E-state index < -0.39 is 11.7 Å². The van der Waals surface area contributed by atoms with Crippen molar-refractivity contribution in [3.05, 3.63) is 59.7 Å². The van der Waals surface area contributed by atoms with Crippen LogP contribution in [0.15, 0.2) is 52.9 Å². The summed E-state index contributed by atoms with van der Waals surface area (Å²) in [5.41, 5.74) is 0.970. The minimum Gasteiger partial charge on any atom is -0.455 e. The molecule has 0 N–H and O–H groups in total. The fourth-order valence-electron chi connectivity index (χ4n) is 2.65. The van der Waals surface area contributed by atoms with E-state index in [2.05, 4.69) is 20.8 Å². The van der Waals surface area contributed by atoms with E-state index >= 15 is 0 Å². The molecule has 0 amide bonds. The third-order valence-electron chi connectivity index (χ3n) is 3.89. The number of para-hydroxylation sites is 1. The summed E-state index contributed by atoms with van der Waals surface area (Å²) >= 11 is 0. The molecule has 0 aliphatic rings. The van der Waals surface area contributed by atoms with E-state index in [4.69, 9.17) is 4.42 Å². The molecular weight excluding hydrogens is 301 g/mol. The molecule has 0 atom stereocenters. The van der Waals surface area contributed by atoms with Gasteiger partial charge >= 0.3 is 6.18 Å². The summed E-state index contributed by atoms with van der Waals surface area (Å²) in [6.07, 6.45) is -4.47. The number of fused-ring (bicyclic) bond motifs is 1. The first-order valence-electron chi connectivity index (χ1n) is 7.37. The molecule has 1 aromatic heterocycles. The molecular formula is C19H17F3O. The largest absolute Gasteiger partial charge is 0.455 e. The van der Waals surface area contributed by atoms with Crippen LogP contribution in [0.1, 0.15) is 31.9 Å². The molecule has 1 heterocycles. The summed E-state index contributed by atoms with van der Waals surface area (Å²) in [5.74, 6) is -0.126. The number of halogens is 3. The fraction of sp³-hybridized carbons (Fsp3) is 0.263. The lowest BCUT2D eigenvalue weighted by molar-refractivity contribution is -0.136. The first-order valence-corrected chi connectivity index (χ1v) is 7.37. The van der Waals surface area contributed by atoms with Gasteiger partial charge in [-0.1, -0.05) is 63.2 Å². The predicted molar refractivity (Wildman–Crippen MR) is 85.4 cm³/mol. The van der Waals surface area contributed by atoms with Gasteiger partial charge in [-0.25, -0.2) is 0 Å². The molecule has 0 fully saturated rings. The molecule has 0 bridgehead atoms. The number of benzene rings is 2. The Morgan fingerprint density at radius 2 is 1.43 bits per heavy atom. The van der Waals surface area contributed by atoms with Crippen molar-refractivity contribution in [2.24, 2.45) is 0 Å². The quantitative estimate of drug-likeness (QED) is 0.505. The molecule has 3 aromatic rings. The zero-order valence-corrected chi connectivity index (χ0v) is 13.2. The standard InChI is InChI=1S/C19H17F3O/c1-18(2,3)13-10-8-12(9-11-13)17-16(19(20,21)22)14-6-4-5-7-15(14)23-17/h4-11H,1-3H3. The Bertz CT molecular complexity index is 834. The van der Waals surface area contributed by atoms with Crippen molar-refractivity contribution in [2.75, 3.05) is 0 Å². The number of hydrogen-bond donors (Lipinski definition) is 0. The second-order valence-corrected chi connectivity index (χ2v) is 6.63. The number of alkyl halides is 3. The van der Waals surface area contributed by atoms with Crippen LogP contribution in [0.5, 0.6) is 0 Å². The van der Waals surface area contributed by atoms with Crippen molar-refractivity contribution >= 4 is 11.0 Å². The van der Waals surface area contributed by atoms with Gasteiger partial charge in [-0.3, -0.25) is 0 Å². The predicted octanol–water partition coefficient (Wildman–Crippen LogP) is 6.42. The molecule has 0 spiro atoms. The zero-order chi connectivity index (χ0) is 16.8. The van der Waals surface area contributed by atoms with Crippen LogP contribution in [-0.4, -0.2) is 0 Å². The summed E-state index contributed by atoms with van der Waals surface area (Å²) in [6.45, 7) is 6.18. The van der Waals surface area contributed by atoms with E-state index in [0.29, 0.717) is 5.56 Å². The smallest absolute Gasteiger partial charge is 0.420 e. The summed E-state index contributed by atoms with van der Waals surface area (Å²) < 4.78 is 46.0. The van der Waals surface area contributed by atoms with Gasteiger partial charge in [-0.15, -0.1) is 0 Å². The Morgan fingerprint density at radius 1 is 0.826 bits per heavy atom. The zero-order valence-electron chi connectivity index (χ0n) is 13.2. The van der Waals surface area contributed by atoms with Gasteiger partial charge in [0.15, 0.2) is 0 Å². The van der Waals surface area contributed by atoms with Gasteiger partial charge in [0.1, 0.15) is 16.9 Å². The van der Waals surface area contributed by atoms with E-state index in [1.165, 1.54) is 6.07 Å². The highest BCUT2D eigenvalue weighted by atomic mass is 19.4. The molecule has 0 aliphatic heterocycles. The summed E-state index contributed by atoms with van der Waals surface area (Å²) in [5, 5.41) is 0.0925. The normalized spacial score (nSPS) is 12.8. The van der Waals surface area contributed by atoms with Crippen LogP contribution in [0.3, 0.4) is 0 Å². The van der Waals surface area contributed by atoms with Gasteiger partial charge in [-0.05, 0) is 17.0 Å². The van der Waals surface area contributed by atoms with Crippen molar-refractivity contribution in [3.8, 4) is 11.3 Å². The Labute approximate surface area is 132 Å². The first-order chi connectivity index (χ1) is 10.7. The second kappa shape index (κ2) is 5.15. The van der Waals surface area contributed by atoms with Crippen LogP contribution in [0.2, 0.25) is 0 Å². The van der Waals surface area contributed by atoms with E-state index in [-0.39, 0.29) is 22.1 Å². The van der Waals surface area contributed by atoms with Gasteiger partial charge in [0, 0.05) is 10.9 Å². The van der Waals surface area contributed by atoms with Gasteiger partial charge in [0.2, 0.25) is 0 Å². The average Bonchev–Trinajstić information content (AvgIpc) is 2.86. The second-order valence-electron chi connectivity index (χ2n) is 6.63. The van der Waals surface area contributed by atoms with Gasteiger partial charge in [-0.2, -0.15) is 13.2 Å². The Morgan fingerprint density at radius 3 is 2.00 bits per heavy atom. The highest BCUT2D eigenvalue weighted by Gasteiger charge is 2.38. The maximum atomic E-state index is 13.5. The highest BCUT2D eigenvalue weighted by Crippen LogP contribution is 2.43. The minimum absolute atomic E-state index is 0.0563.